The summed E-state index contributed by atoms with van der Waals surface area (Å²) in [5.74, 6) is 1.91. The summed E-state index contributed by atoms with van der Waals surface area (Å²) in [4.78, 5) is 16.3. The van der Waals surface area contributed by atoms with Gasteiger partial charge in [-0.25, -0.2) is 4.98 Å². The van der Waals surface area contributed by atoms with Crippen molar-refractivity contribution in [3.63, 3.8) is 0 Å². The summed E-state index contributed by atoms with van der Waals surface area (Å²) in [6, 6.07) is 12.3. The highest BCUT2D eigenvalue weighted by Crippen LogP contribution is 2.28. The van der Waals surface area contributed by atoms with Gasteiger partial charge >= 0.3 is 0 Å². The summed E-state index contributed by atoms with van der Waals surface area (Å²) >= 11 is 0. The fourth-order valence-corrected chi connectivity index (χ4v) is 2.45. The number of nitrogens with one attached hydrogen (secondary N) is 2. The third-order valence-corrected chi connectivity index (χ3v) is 3.84. The Bertz CT molecular complexity index is 925. The Morgan fingerprint density at radius 1 is 1.15 bits per heavy atom. The molecule has 0 aliphatic rings. The predicted octanol–water partition coefficient (Wildman–Crippen LogP) is 3.14. The van der Waals surface area contributed by atoms with Gasteiger partial charge in [-0.1, -0.05) is 6.07 Å². The number of carbonyl (C=O) groups excluding carboxylic acids is 1. The van der Waals surface area contributed by atoms with Crippen LogP contribution >= 0.6 is 0 Å². The van der Waals surface area contributed by atoms with E-state index in [0.717, 1.165) is 5.56 Å². The lowest BCUT2D eigenvalue weighted by Gasteiger charge is -2.12. The van der Waals surface area contributed by atoms with Crippen LogP contribution in [0.3, 0.4) is 0 Å². The van der Waals surface area contributed by atoms with Gasteiger partial charge in [-0.15, -0.1) is 0 Å². The first kappa shape index (κ1) is 18.1. The number of hydrogen-bond acceptors (Lipinski definition) is 7. The van der Waals surface area contributed by atoms with E-state index in [9.17, 15) is 4.79 Å². The van der Waals surface area contributed by atoms with Crippen molar-refractivity contribution in [2.45, 2.75) is 6.54 Å². The molecule has 0 aliphatic carbocycles. The molecular weight excluding hydrogens is 348 g/mol. The number of pyridine rings is 1. The fourth-order valence-electron chi connectivity index (χ4n) is 2.45. The van der Waals surface area contributed by atoms with E-state index in [1.54, 1.807) is 38.5 Å². The topological polar surface area (TPSA) is 112 Å². The van der Waals surface area contributed by atoms with Gasteiger partial charge in [0.25, 0.3) is 5.91 Å². The lowest BCUT2D eigenvalue weighted by Crippen LogP contribution is -2.13. The maximum atomic E-state index is 12.0. The average Bonchev–Trinajstić information content (AvgIpc) is 3.23. The molecule has 0 fully saturated rings. The number of furan rings is 1. The molecule has 1 aromatic carbocycles. The predicted molar refractivity (Wildman–Crippen MR) is 102 cm³/mol. The number of carbonyl (C=O) groups is 1. The van der Waals surface area contributed by atoms with Crippen molar-refractivity contribution in [3.05, 3.63) is 60.1 Å². The molecular formula is C19H20N4O4. The van der Waals surface area contributed by atoms with Crippen molar-refractivity contribution < 1.29 is 18.7 Å². The number of methoxy groups -OCH3 is 2. The van der Waals surface area contributed by atoms with Crippen LogP contribution in [0.5, 0.6) is 11.5 Å². The second-order valence-corrected chi connectivity index (χ2v) is 5.60. The largest absolute Gasteiger partial charge is 0.493 e. The van der Waals surface area contributed by atoms with Gasteiger partial charge in [-0.2, -0.15) is 0 Å². The first-order valence-electron chi connectivity index (χ1n) is 8.17. The standard InChI is InChI=1S/C19H20N4O4/c1-25-14-7-5-12(10-16(14)26-2)11-21-17-8-6-13(18(20)23-17)22-19(24)15-4-3-9-27-15/h3-10H,11H2,1-2H3,(H,22,24)(H3,20,21,23). The summed E-state index contributed by atoms with van der Waals surface area (Å²) < 4.78 is 15.6. The van der Waals surface area contributed by atoms with E-state index in [-0.39, 0.29) is 17.5 Å². The Hall–Kier alpha value is -3.68. The van der Waals surface area contributed by atoms with Crippen LogP contribution < -0.4 is 25.8 Å². The number of nitrogens with two attached hydrogens (primary N) is 1. The number of anilines is 3. The molecule has 8 nitrogen and oxygen atoms in total. The summed E-state index contributed by atoms with van der Waals surface area (Å²) in [5, 5.41) is 5.84. The minimum atomic E-state index is -0.389. The zero-order chi connectivity index (χ0) is 19.2. The van der Waals surface area contributed by atoms with Gasteiger partial charge in [0.1, 0.15) is 11.6 Å². The van der Waals surface area contributed by atoms with Crippen LogP contribution in [0.4, 0.5) is 17.3 Å². The normalized spacial score (nSPS) is 10.3. The molecule has 1 amide bonds. The number of hydrogen-bond donors (Lipinski definition) is 3. The molecule has 4 N–H and O–H groups in total. The monoisotopic (exact) mass is 368 g/mol. The van der Waals surface area contributed by atoms with Gasteiger partial charge in [0.05, 0.1) is 26.2 Å². The zero-order valence-corrected chi connectivity index (χ0v) is 15.0. The van der Waals surface area contributed by atoms with Gasteiger partial charge in [-0.05, 0) is 42.0 Å². The Morgan fingerprint density at radius 2 is 1.96 bits per heavy atom. The minimum Gasteiger partial charge on any atom is -0.493 e. The molecule has 2 aromatic heterocycles. The molecule has 0 bridgehead atoms. The summed E-state index contributed by atoms with van der Waals surface area (Å²) in [6.07, 6.45) is 1.43. The third kappa shape index (κ3) is 4.30. The highest BCUT2D eigenvalue weighted by molar-refractivity contribution is 6.03. The van der Waals surface area contributed by atoms with Crippen LogP contribution in [0, 0.1) is 0 Å². The van der Waals surface area contributed by atoms with E-state index in [2.05, 4.69) is 15.6 Å². The molecule has 0 spiro atoms. The second-order valence-electron chi connectivity index (χ2n) is 5.60. The lowest BCUT2D eigenvalue weighted by molar-refractivity contribution is 0.0996. The van der Waals surface area contributed by atoms with Crippen molar-refractivity contribution >= 4 is 23.2 Å². The van der Waals surface area contributed by atoms with Crippen LogP contribution in [0.15, 0.2) is 53.1 Å². The quantitative estimate of drug-likeness (QED) is 0.587. The molecule has 2 heterocycles. The van der Waals surface area contributed by atoms with Gasteiger partial charge in [0.2, 0.25) is 0 Å². The number of ether oxygens (including phenoxy) is 2. The smallest absolute Gasteiger partial charge is 0.291 e. The van der Waals surface area contributed by atoms with Gasteiger partial charge in [0, 0.05) is 6.54 Å². The van der Waals surface area contributed by atoms with Gasteiger partial charge in [-0.3, -0.25) is 4.79 Å². The SMILES string of the molecule is COc1ccc(CNc2ccc(NC(=O)c3ccco3)c(N)n2)cc1OC. The van der Waals surface area contributed by atoms with E-state index in [4.69, 9.17) is 19.6 Å². The molecule has 3 rings (SSSR count). The first-order valence-corrected chi connectivity index (χ1v) is 8.17. The number of nitrogens with zero attached hydrogens (tertiary/aromatic N) is 1. The molecule has 27 heavy (non-hydrogen) atoms. The molecule has 0 aliphatic heterocycles. The lowest BCUT2D eigenvalue weighted by atomic mass is 10.2. The Balaban J connectivity index is 1.65. The molecule has 0 saturated heterocycles. The zero-order valence-electron chi connectivity index (χ0n) is 15.0. The van der Waals surface area contributed by atoms with Crippen LogP contribution in [0.1, 0.15) is 16.1 Å². The van der Waals surface area contributed by atoms with Crippen molar-refractivity contribution in [2.24, 2.45) is 0 Å². The number of aromatic nitrogens is 1. The van der Waals surface area contributed by atoms with E-state index >= 15 is 0 Å². The van der Waals surface area contributed by atoms with Crippen LogP contribution in [-0.4, -0.2) is 25.1 Å². The van der Waals surface area contributed by atoms with Crippen molar-refractivity contribution in [1.82, 2.24) is 4.98 Å². The number of amides is 1. The number of benzene rings is 1. The molecule has 3 aromatic rings. The Kier molecular flexibility index (Phi) is 5.46. The molecule has 0 unspecified atom stereocenters. The highest BCUT2D eigenvalue weighted by Gasteiger charge is 2.11. The van der Waals surface area contributed by atoms with E-state index < -0.39 is 0 Å². The highest BCUT2D eigenvalue weighted by atomic mass is 16.5. The third-order valence-electron chi connectivity index (χ3n) is 3.84. The molecule has 8 heteroatoms. The molecule has 0 atom stereocenters. The minimum absolute atomic E-state index is 0.199. The molecule has 0 radical (unpaired) electrons. The average molecular weight is 368 g/mol. The first-order chi connectivity index (χ1) is 13.1. The number of rotatable bonds is 7. The summed E-state index contributed by atoms with van der Waals surface area (Å²) in [5.41, 5.74) is 7.34. The van der Waals surface area contributed by atoms with E-state index in [1.807, 2.05) is 18.2 Å². The van der Waals surface area contributed by atoms with Crippen LogP contribution in [-0.2, 0) is 6.54 Å². The summed E-state index contributed by atoms with van der Waals surface area (Å²) in [6.45, 7) is 0.519. The van der Waals surface area contributed by atoms with Crippen LogP contribution in [0.2, 0.25) is 0 Å². The number of nitrogen functional groups attached to an aromatic ring is 1. The van der Waals surface area contributed by atoms with Crippen LogP contribution in [0.25, 0.3) is 0 Å². The second kappa shape index (κ2) is 8.13. The van der Waals surface area contributed by atoms with Gasteiger partial charge < -0.3 is 30.3 Å². The van der Waals surface area contributed by atoms with E-state index in [0.29, 0.717) is 29.5 Å². The van der Waals surface area contributed by atoms with Crippen molar-refractivity contribution in [1.29, 1.82) is 0 Å². The molecule has 140 valence electrons. The van der Waals surface area contributed by atoms with Crippen molar-refractivity contribution in [3.8, 4) is 11.5 Å². The van der Waals surface area contributed by atoms with Crippen molar-refractivity contribution in [2.75, 3.05) is 30.6 Å². The molecule has 0 saturated carbocycles. The van der Waals surface area contributed by atoms with E-state index in [1.165, 1.54) is 6.26 Å². The Morgan fingerprint density at radius 3 is 2.63 bits per heavy atom. The maximum Gasteiger partial charge on any atom is 0.291 e. The maximum absolute atomic E-state index is 12.0. The fraction of sp³-hybridized carbons (Fsp3) is 0.158. The van der Waals surface area contributed by atoms with Gasteiger partial charge in [0.15, 0.2) is 17.3 Å². The summed E-state index contributed by atoms with van der Waals surface area (Å²) in [7, 11) is 3.18. The Labute approximate surface area is 156 Å².